The van der Waals surface area contributed by atoms with Gasteiger partial charge in [-0.1, -0.05) is 0 Å². The average Bonchev–Trinajstić information content (AvgIpc) is 0. The van der Waals surface area contributed by atoms with E-state index >= 15 is 0 Å². The molecule has 0 heterocycles. The number of hydrogen-bond acceptors (Lipinski definition) is 0. The first-order valence-electron chi connectivity index (χ1n) is 0. The van der Waals surface area contributed by atoms with Gasteiger partial charge in [0.15, 0.2) is 0 Å². The minimum absolute atomic E-state index is 0. The molecule has 5 heavy (non-hydrogen) atoms. The second kappa shape index (κ2) is 23.8. The molecule has 0 nitrogen and oxygen atoms in total. The van der Waals surface area contributed by atoms with E-state index in [0.29, 0.717) is 0 Å². The molecule has 0 aromatic carbocycles. The molecule has 0 saturated heterocycles. The zero-order valence-corrected chi connectivity index (χ0v) is 17.2. The Kier molecular flexibility index (Phi) is 163. The molecule has 0 rings (SSSR count). The van der Waals surface area contributed by atoms with Crippen LogP contribution in [-0.2, 0) is 27.3 Å². The molecule has 0 aromatic rings. The first-order valence-corrected chi connectivity index (χ1v) is 0. The fourth-order valence-corrected chi connectivity index (χ4v) is 0. The molecule has 0 aliphatic heterocycles. The fraction of sp³-hybridized carbons (Fsp3) is 0. The maximum atomic E-state index is 0. The van der Waals surface area contributed by atoms with Crippen molar-refractivity contribution in [3.63, 3.8) is 0 Å². The van der Waals surface area contributed by atoms with Gasteiger partial charge < -0.3 is 0 Å². The van der Waals surface area contributed by atoms with E-state index in [-0.39, 0.29) is 131 Å². The van der Waals surface area contributed by atoms with Crippen molar-refractivity contribution in [3.05, 3.63) is 0 Å². The minimum atomic E-state index is 0. The van der Waals surface area contributed by atoms with Gasteiger partial charge in [0.2, 0.25) is 0 Å². The summed E-state index contributed by atoms with van der Waals surface area (Å²) in [6, 6.07) is 0. The van der Waals surface area contributed by atoms with E-state index in [0.717, 1.165) is 0 Å². The van der Waals surface area contributed by atoms with Crippen molar-refractivity contribution < 1.29 is 27.3 Å². The average molecular weight is 774 g/mol. The van der Waals surface area contributed by atoms with Gasteiger partial charge in [-0.25, -0.2) is 0 Å². The molecule has 30 valence electrons. The van der Waals surface area contributed by atoms with Crippen LogP contribution in [0.25, 0.3) is 0 Å². The van der Waals surface area contributed by atoms with E-state index in [2.05, 4.69) is 0 Å². The van der Waals surface area contributed by atoms with Crippen LogP contribution in [0, 0.1) is 0 Å². The van der Waals surface area contributed by atoms with Gasteiger partial charge in [0, 0.05) is 27.3 Å². The second-order valence-electron chi connectivity index (χ2n) is 0. The van der Waals surface area contributed by atoms with E-state index < -0.39 is 0 Å². The van der Waals surface area contributed by atoms with Crippen molar-refractivity contribution in [1.29, 1.82) is 0 Å². The monoisotopic (exact) mass is 778 g/mol. The van der Waals surface area contributed by atoms with Crippen LogP contribution in [0.2, 0.25) is 0 Å². The molecule has 0 spiro atoms. The summed E-state index contributed by atoms with van der Waals surface area (Å²) in [7, 11) is 0. The maximum absolute atomic E-state index is 0. The molecule has 5 heteroatoms. The molecule has 0 bridgehead atoms. The summed E-state index contributed by atoms with van der Waals surface area (Å²) < 4.78 is 0. The molecule has 0 atom stereocenters. The third-order valence-electron chi connectivity index (χ3n) is 0. The normalized spacial score (nSPS) is 0. The Balaban J connectivity index is 0. The molecular formula is H12BiCdInPbSn. The summed E-state index contributed by atoms with van der Waals surface area (Å²) in [6.45, 7) is 0. The Bertz CT molecular complexity index is 11.6. The van der Waals surface area contributed by atoms with Crippen molar-refractivity contribution in [2.24, 2.45) is 0 Å². The van der Waals surface area contributed by atoms with Crippen molar-refractivity contribution in [2.45, 2.75) is 0 Å². The predicted molar refractivity (Wildman–Crippen MR) is 39.8 cm³/mol. The Morgan fingerprint density at radius 2 is 1.00 bits per heavy atom. The summed E-state index contributed by atoms with van der Waals surface area (Å²) in [5.74, 6) is 0. The molecule has 0 unspecified atom stereocenters. The summed E-state index contributed by atoms with van der Waals surface area (Å²) in [6.07, 6.45) is 0. The van der Waals surface area contributed by atoms with Gasteiger partial charge in [0.1, 0.15) is 0 Å². The predicted octanol–water partition coefficient (Wildman–Crippen LogP) is -4.74. The Morgan fingerprint density at radius 1 is 1.00 bits per heavy atom. The van der Waals surface area contributed by atoms with Crippen LogP contribution >= 0.6 is 0 Å². The zero-order valence-electron chi connectivity index (χ0n) is 2.12. The third kappa shape index (κ3) is 17.8. The molecule has 0 aromatic heterocycles. The van der Waals surface area contributed by atoms with Crippen LogP contribution < -0.4 is 0 Å². The zero-order chi connectivity index (χ0) is 0. The molecule has 0 aliphatic carbocycles. The standard InChI is InChI=1S/Bi.Cd.In.Pb.Sn.12H. The van der Waals surface area contributed by atoms with E-state index in [9.17, 15) is 0 Å². The van der Waals surface area contributed by atoms with E-state index in [4.69, 9.17) is 0 Å². The Morgan fingerprint density at radius 3 is 1.00 bits per heavy atom. The summed E-state index contributed by atoms with van der Waals surface area (Å²) in [4.78, 5) is 0. The van der Waals surface area contributed by atoms with E-state index in [1.165, 1.54) is 0 Å². The van der Waals surface area contributed by atoms with Crippen molar-refractivity contribution in [3.8, 4) is 0 Å². The van der Waals surface area contributed by atoms with E-state index in [1.807, 2.05) is 0 Å². The van der Waals surface area contributed by atoms with Crippen LogP contribution in [0.3, 0.4) is 0 Å². The van der Waals surface area contributed by atoms with Crippen LogP contribution in [0.5, 0.6) is 0 Å². The first-order chi connectivity index (χ1) is 0. The number of hydrogen-bond donors (Lipinski definition) is 0. The molecule has 0 fully saturated rings. The van der Waals surface area contributed by atoms with Gasteiger partial charge in [0.25, 0.3) is 0 Å². The van der Waals surface area contributed by atoms with Gasteiger partial charge in [-0.3, -0.25) is 0 Å². The molecule has 0 N–H and O–H groups in total. The van der Waals surface area contributed by atoms with Crippen molar-refractivity contribution in [2.75, 3.05) is 0 Å². The van der Waals surface area contributed by atoms with Crippen LogP contribution in [0.15, 0.2) is 0 Å². The van der Waals surface area contributed by atoms with Gasteiger partial charge in [-0.05, 0) is 0 Å². The molecule has 0 aliphatic rings. The van der Waals surface area contributed by atoms with Gasteiger partial charge >= 0.3 is 103 Å². The topological polar surface area (TPSA) is 0 Å². The second-order valence-corrected chi connectivity index (χ2v) is 0. The molecule has 0 saturated carbocycles. The molecule has 0 amide bonds. The number of rotatable bonds is 0. The Labute approximate surface area is 127 Å². The van der Waals surface area contributed by atoms with E-state index in [1.54, 1.807) is 0 Å². The quantitative estimate of drug-likeness (QED) is 0.218. The van der Waals surface area contributed by atoms with Gasteiger partial charge in [-0.2, -0.15) is 0 Å². The van der Waals surface area contributed by atoms with Crippen LogP contribution in [0.1, 0.15) is 0 Å². The third-order valence-corrected chi connectivity index (χ3v) is 0. The summed E-state index contributed by atoms with van der Waals surface area (Å²) in [5, 5.41) is 0. The van der Waals surface area contributed by atoms with Crippen LogP contribution in [0.4, 0.5) is 0 Å². The molecule has 2 radical (unpaired) electrons. The first kappa shape index (κ1) is 34.3. The fourth-order valence-electron chi connectivity index (χ4n) is 0. The SMILES string of the molecule is [BiH3].[Cd].[InH3].[PbH2].[SnH4]. The Hall–Kier alpha value is 4.40. The van der Waals surface area contributed by atoms with Gasteiger partial charge in [-0.15, -0.1) is 0 Å². The van der Waals surface area contributed by atoms with Crippen molar-refractivity contribution in [1.82, 2.24) is 0 Å². The summed E-state index contributed by atoms with van der Waals surface area (Å²) in [5.41, 5.74) is 0. The van der Waals surface area contributed by atoms with Crippen LogP contribution in [-0.4, -0.2) is 103 Å². The van der Waals surface area contributed by atoms with Crippen molar-refractivity contribution >= 4 is 103 Å². The molecular weight excluding hydrogens is 762 g/mol. The summed E-state index contributed by atoms with van der Waals surface area (Å²) >= 11 is 0. The van der Waals surface area contributed by atoms with Gasteiger partial charge in [0.05, 0.1) is 0 Å².